The van der Waals surface area contributed by atoms with Crippen molar-refractivity contribution in [2.24, 2.45) is 7.05 Å². The first kappa shape index (κ1) is 23.2. The molecule has 7 nitrogen and oxygen atoms in total. The largest absolute Gasteiger partial charge is 0.337 e. The Morgan fingerprint density at radius 1 is 1.06 bits per heavy atom. The highest BCUT2D eigenvalue weighted by Crippen LogP contribution is 2.26. The summed E-state index contributed by atoms with van der Waals surface area (Å²) in [5.74, 6) is -0.608. The van der Waals surface area contributed by atoms with Gasteiger partial charge < -0.3 is 10.2 Å². The summed E-state index contributed by atoms with van der Waals surface area (Å²) < 4.78 is 15.4. The summed E-state index contributed by atoms with van der Waals surface area (Å²) in [6, 6.07) is 11.8. The molecule has 8 heteroatoms. The number of benzene rings is 2. The van der Waals surface area contributed by atoms with Crippen LogP contribution in [0, 0.1) is 12.7 Å². The summed E-state index contributed by atoms with van der Waals surface area (Å²) in [5, 5.41) is 7.37. The fourth-order valence-corrected chi connectivity index (χ4v) is 4.97. The number of nitrogens with zero attached hydrogens (tertiary/aromatic N) is 4. The molecule has 1 aromatic heterocycles. The van der Waals surface area contributed by atoms with Gasteiger partial charge in [0.05, 0.1) is 0 Å². The molecular weight excluding hydrogens is 445 g/mol. The van der Waals surface area contributed by atoms with E-state index < -0.39 is 0 Å². The van der Waals surface area contributed by atoms with Gasteiger partial charge in [0.25, 0.3) is 11.8 Å². The molecule has 3 heterocycles. The Labute approximate surface area is 204 Å². The maximum Gasteiger partial charge on any atom is 0.274 e. The Balaban J connectivity index is 1.25. The number of hydrogen-bond acceptors (Lipinski definition) is 4. The van der Waals surface area contributed by atoms with Gasteiger partial charge in [-0.1, -0.05) is 18.2 Å². The first-order valence-electron chi connectivity index (χ1n) is 12.1. The van der Waals surface area contributed by atoms with Crippen molar-refractivity contribution in [3.05, 3.63) is 81.9 Å². The average Bonchev–Trinajstić information content (AvgIpc) is 3.50. The third-order valence-electron chi connectivity index (χ3n) is 6.99. The second-order valence-corrected chi connectivity index (χ2v) is 9.47. The molecule has 0 saturated carbocycles. The van der Waals surface area contributed by atoms with Crippen molar-refractivity contribution in [1.29, 1.82) is 0 Å². The third-order valence-corrected chi connectivity index (χ3v) is 6.99. The minimum absolute atomic E-state index is 0.0464. The van der Waals surface area contributed by atoms with Crippen LogP contribution >= 0.6 is 0 Å². The van der Waals surface area contributed by atoms with Crippen LogP contribution < -0.4 is 5.32 Å². The minimum Gasteiger partial charge on any atom is -0.337 e. The molecule has 2 aliphatic rings. The maximum atomic E-state index is 13.5. The van der Waals surface area contributed by atoms with Crippen LogP contribution in [0.5, 0.6) is 0 Å². The standard InChI is InChI=1S/C27H30FN5O2/c1-18-5-10-21(28)15-23(18)29-26(34)20-8-6-19(7-9-20)16-32-14-11-24-22(17-32)25(30-31(24)2)27(35)33-12-3-4-13-33/h5-10,15H,3-4,11-14,16-17H2,1-2H3,(H,29,34). The molecule has 0 bridgehead atoms. The van der Waals surface area contributed by atoms with Crippen molar-refractivity contribution < 1.29 is 14.0 Å². The van der Waals surface area contributed by atoms with Crippen molar-refractivity contribution in [1.82, 2.24) is 19.6 Å². The highest BCUT2D eigenvalue weighted by atomic mass is 19.1. The van der Waals surface area contributed by atoms with Crippen LogP contribution in [0.2, 0.25) is 0 Å². The van der Waals surface area contributed by atoms with Crippen molar-refractivity contribution in [2.45, 2.75) is 39.3 Å². The first-order chi connectivity index (χ1) is 16.9. The number of likely N-dealkylation sites (tertiary alicyclic amines) is 1. The van der Waals surface area contributed by atoms with Gasteiger partial charge in [0, 0.05) is 68.7 Å². The van der Waals surface area contributed by atoms with Crippen LogP contribution in [0.25, 0.3) is 0 Å². The summed E-state index contributed by atoms with van der Waals surface area (Å²) in [7, 11) is 1.92. The molecule has 0 aliphatic carbocycles. The van der Waals surface area contributed by atoms with E-state index in [0.717, 1.165) is 67.8 Å². The first-order valence-corrected chi connectivity index (χ1v) is 12.1. The van der Waals surface area contributed by atoms with E-state index in [0.29, 0.717) is 23.5 Å². The molecule has 0 radical (unpaired) electrons. The Hall–Kier alpha value is -3.52. The number of nitrogens with one attached hydrogen (secondary N) is 1. The lowest BCUT2D eigenvalue weighted by atomic mass is 10.0. The quantitative estimate of drug-likeness (QED) is 0.607. The summed E-state index contributed by atoms with van der Waals surface area (Å²) in [6.07, 6.45) is 2.96. The van der Waals surface area contributed by atoms with Gasteiger partial charge in [-0.2, -0.15) is 5.10 Å². The summed E-state index contributed by atoms with van der Waals surface area (Å²) in [5.41, 5.74) is 5.65. The number of hydrogen-bond donors (Lipinski definition) is 1. The lowest BCUT2D eigenvalue weighted by Gasteiger charge is -2.28. The fourth-order valence-electron chi connectivity index (χ4n) is 4.97. The molecule has 0 atom stereocenters. The predicted octanol–water partition coefficient (Wildman–Crippen LogP) is 3.91. The van der Waals surface area contributed by atoms with Crippen molar-refractivity contribution in [3.8, 4) is 0 Å². The molecule has 0 spiro atoms. The Bertz CT molecular complexity index is 1260. The zero-order chi connectivity index (χ0) is 24.5. The molecule has 2 aromatic carbocycles. The number of aromatic nitrogens is 2. The monoisotopic (exact) mass is 475 g/mol. The molecule has 5 rings (SSSR count). The molecular formula is C27H30FN5O2. The molecule has 1 N–H and O–H groups in total. The van der Waals surface area contributed by atoms with Gasteiger partial charge in [0.1, 0.15) is 5.82 Å². The van der Waals surface area contributed by atoms with Crippen LogP contribution in [-0.2, 0) is 26.6 Å². The second-order valence-electron chi connectivity index (χ2n) is 9.47. The molecule has 35 heavy (non-hydrogen) atoms. The maximum absolute atomic E-state index is 13.5. The highest BCUT2D eigenvalue weighted by molar-refractivity contribution is 6.04. The van der Waals surface area contributed by atoms with Gasteiger partial charge in [-0.05, 0) is 55.2 Å². The van der Waals surface area contributed by atoms with E-state index >= 15 is 0 Å². The number of aryl methyl sites for hydroxylation is 2. The van der Waals surface area contributed by atoms with E-state index in [4.69, 9.17) is 0 Å². The fraction of sp³-hybridized carbons (Fsp3) is 0.370. The Kier molecular flexibility index (Phi) is 6.38. The van der Waals surface area contributed by atoms with E-state index in [-0.39, 0.29) is 17.6 Å². The smallest absolute Gasteiger partial charge is 0.274 e. The minimum atomic E-state index is -0.384. The number of amides is 2. The molecule has 1 fully saturated rings. The topological polar surface area (TPSA) is 70.5 Å². The Morgan fingerprint density at radius 3 is 2.54 bits per heavy atom. The number of fused-ring (bicyclic) bond motifs is 1. The van der Waals surface area contributed by atoms with Crippen molar-refractivity contribution in [3.63, 3.8) is 0 Å². The predicted molar refractivity (Wildman–Crippen MR) is 132 cm³/mol. The molecule has 3 aromatic rings. The second kappa shape index (κ2) is 9.62. The summed E-state index contributed by atoms with van der Waals surface area (Å²) in [6.45, 7) is 5.73. The van der Waals surface area contributed by atoms with Crippen LogP contribution in [0.3, 0.4) is 0 Å². The highest BCUT2D eigenvalue weighted by Gasteiger charge is 2.30. The van der Waals surface area contributed by atoms with E-state index in [1.54, 1.807) is 18.2 Å². The van der Waals surface area contributed by atoms with Gasteiger partial charge in [-0.15, -0.1) is 0 Å². The summed E-state index contributed by atoms with van der Waals surface area (Å²) in [4.78, 5) is 29.9. The van der Waals surface area contributed by atoms with Gasteiger partial charge >= 0.3 is 0 Å². The van der Waals surface area contributed by atoms with Crippen molar-refractivity contribution >= 4 is 17.5 Å². The van der Waals surface area contributed by atoms with Crippen LogP contribution in [-0.4, -0.2) is 51.0 Å². The zero-order valence-electron chi connectivity index (χ0n) is 20.2. The molecule has 2 amide bonds. The van der Waals surface area contributed by atoms with Gasteiger partial charge in [0.15, 0.2) is 5.69 Å². The molecule has 1 saturated heterocycles. The van der Waals surface area contributed by atoms with Crippen LogP contribution in [0.15, 0.2) is 42.5 Å². The van der Waals surface area contributed by atoms with Gasteiger partial charge in [-0.25, -0.2) is 4.39 Å². The van der Waals surface area contributed by atoms with Crippen molar-refractivity contribution in [2.75, 3.05) is 25.0 Å². The van der Waals surface area contributed by atoms with E-state index in [2.05, 4.69) is 15.3 Å². The zero-order valence-corrected chi connectivity index (χ0v) is 20.2. The van der Waals surface area contributed by atoms with E-state index in [1.807, 2.05) is 35.7 Å². The van der Waals surface area contributed by atoms with E-state index in [1.165, 1.54) is 12.1 Å². The number of carbonyl (C=O) groups excluding carboxylic acids is 2. The average molecular weight is 476 g/mol. The van der Waals surface area contributed by atoms with Gasteiger partial charge in [0.2, 0.25) is 0 Å². The summed E-state index contributed by atoms with van der Waals surface area (Å²) >= 11 is 0. The molecule has 2 aliphatic heterocycles. The number of rotatable bonds is 5. The number of anilines is 1. The van der Waals surface area contributed by atoms with Crippen LogP contribution in [0.1, 0.15) is 56.1 Å². The number of halogens is 1. The Morgan fingerprint density at radius 2 is 1.80 bits per heavy atom. The normalized spacial score (nSPS) is 15.8. The molecule has 0 unspecified atom stereocenters. The number of carbonyl (C=O) groups is 2. The lowest BCUT2D eigenvalue weighted by molar-refractivity contribution is 0.0783. The van der Waals surface area contributed by atoms with Gasteiger partial charge in [-0.3, -0.25) is 19.2 Å². The lowest BCUT2D eigenvalue weighted by Crippen LogP contribution is -2.33. The van der Waals surface area contributed by atoms with E-state index in [9.17, 15) is 14.0 Å². The third kappa shape index (κ3) is 4.84. The SMILES string of the molecule is Cc1ccc(F)cc1NC(=O)c1ccc(CN2CCc3c(c(C(=O)N4CCCC4)nn3C)C2)cc1. The molecule has 182 valence electrons. The van der Waals surface area contributed by atoms with Crippen LogP contribution in [0.4, 0.5) is 10.1 Å².